The van der Waals surface area contributed by atoms with Crippen LogP contribution in [0.4, 0.5) is 18.0 Å². The van der Waals surface area contributed by atoms with E-state index in [9.17, 15) is 27.6 Å². The molecule has 0 heterocycles. The van der Waals surface area contributed by atoms with Crippen LogP contribution in [0.1, 0.15) is 37.3 Å². The number of amides is 2. The highest BCUT2D eigenvalue weighted by molar-refractivity contribution is 5.79. The molecule has 1 aromatic carbocycles. The van der Waals surface area contributed by atoms with Gasteiger partial charge in [0.05, 0.1) is 5.56 Å². The highest BCUT2D eigenvalue weighted by Crippen LogP contribution is 2.29. The normalized spacial score (nSPS) is 11.4. The van der Waals surface area contributed by atoms with Crippen LogP contribution in [-0.4, -0.2) is 35.7 Å². The highest BCUT2D eigenvalue weighted by Gasteiger charge is 2.30. The van der Waals surface area contributed by atoms with E-state index in [0.717, 1.165) is 12.1 Å². The molecule has 10 heteroatoms. The van der Waals surface area contributed by atoms with Gasteiger partial charge in [-0.3, -0.25) is 4.79 Å². The molecule has 3 N–H and O–H groups in total. The van der Waals surface area contributed by atoms with Gasteiger partial charge in [-0.15, -0.1) is 12.8 Å². The third-order valence-electron chi connectivity index (χ3n) is 3.53. The van der Waals surface area contributed by atoms with E-state index in [-0.39, 0.29) is 18.9 Å². The Morgan fingerprint density at radius 1 is 1.14 bits per heavy atom. The van der Waals surface area contributed by atoms with Gasteiger partial charge in [-0.05, 0) is 37.0 Å². The molecule has 7 nitrogen and oxygen atoms in total. The molecule has 1 rings (SSSR count). The van der Waals surface area contributed by atoms with Crippen LogP contribution in [0.2, 0.25) is 0 Å². The second-order valence-electron chi connectivity index (χ2n) is 5.78. The summed E-state index contributed by atoms with van der Waals surface area (Å²) in [7, 11) is 0. The van der Waals surface area contributed by atoms with Gasteiger partial charge >= 0.3 is 18.2 Å². The fraction of sp³-hybridized carbons (Fsp3) is 0.421. The van der Waals surface area contributed by atoms with Crippen LogP contribution < -0.4 is 10.6 Å². The smallest absolute Gasteiger partial charge is 0.416 e. The summed E-state index contributed by atoms with van der Waals surface area (Å²) in [5, 5.41) is 13.9. The number of hydrogen-bond acceptors (Lipinski definition) is 4. The lowest BCUT2D eigenvalue weighted by atomic mass is 10.1. The molecule has 0 bridgehead atoms. The Morgan fingerprint density at radius 3 is 2.21 bits per heavy atom. The van der Waals surface area contributed by atoms with Crippen LogP contribution in [0.5, 0.6) is 0 Å². The molecule has 160 valence electrons. The molecule has 1 aromatic rings. The zero-order valence-electron chi connectivity index (χ0n) is 15.8. The Bertz CT molecular complexity index is 687. The number of alkyl halides is 3. The number of benzene rings is 1. The topological polar surface area (TPSA) is 105 Å². The van der Waals surface area contributed by atoms with E-state index in [2.05, 4.69) is 23.5 Å². The molecule has 0 aliphatic rings. The van der Waals surface area contributed by atoms with Gasteiger partial charge in [0.1, 0.15) is 12.6 Å². The van der Waals surface area contributed by atoms with E-state index >= 15 is 0 Å². The van der Waals surface area contributed by atoms with Crippen molar-refractivity contribution in [2.45, 2.75) is 45.0 Å². The Kier molecular flexibility index (Phi) is 11.6. The zero-order chi connectivity index (χ0) is 22.4. The number of rotatable bonds is 9. The Balaban J connectivity index is 0.00000379. The van der Waals surface area contributed by atoms with Crippen molar-refractivity contribution >= 4 is 18.0 Å². The van der Waals surface area contributed by atoms with Crippen molar-refractivity contribution in [2.24, 2.45) is 0 Å². The largest absolute Gasteiger partial charge is 0.480 e. The summed E-state index contributed by atoms with van der Waals surface area (Å²) in [5.74, 6) is -1.42. The summed E-state index contributed by atoms with van der Waals surface area (Å²) in [5.41, 5.74) is -0.485. The number of terminal acetylenes is 1. The standard InChI is InChI=1S/C17H21F3N2O5.C2H2/c1-11(23)21-9-3-2-4-14(15(24)25)22-16(26)27-10-12-5-7-13(8-6-12)17(18,19)20;1-2/h5-8,14H,2-4,9-10H2,1H3,(H,21,23)(H,22,26)(H,24,25);1-2H/t14-;/m0./s1. The average Bonchev–Trinajstić information content (AvgIpc) is 2.66. The second-order valence-corrected chi connectivity index (χ2v) is 5.78. The van der Waals surface area contributed by atoms with Crippen molar-refractivity contribution in [1.82, 2.24) is 10.6 Å². The maximum atomic E-state index is 12.5. The van der Waals surface area contributed by atoms with Gasteiger partial charge in [-0.1, -0.05) is 12.1 Å². The third kappa shape index (κ3) is 11.3. The minimum Gasteiger partial charge on any atom is -0.480 e. The summed E-state index contributed by atoms with van der Waals surface area (Å²) in [6, 6.07) is 2.92. The predicted octanol–water partition coefficient (Wildman–Crippen LogP) is 2.94. The maximum absolute atomic E-state index is 12.5. The van der Waals surface area contributed by atoms with Gasteiger partial charge in [-0.2, -0.15) is 13.2 Å². The second kappa shape index (κ2) is 13.0. The number of carboxylic acids is 1. The summed E-state index contributed by atoms with van der Waals surface area (Å²) >= 11 is 0. The van der Waals surface area contributed by atoms with Crippen molar-refractivity contribution in [1.29, 1.82) is 0 Å². The van der Waals surface area contributed by atoms with Gasteiger partial charge in [-0.25, -0.2) is 9.59 Å². The Labute approximate surface area is 166 Å². The predicted molar refractivity (Wildman–Crippen MR) is 98.6 cm³/mol. The first-order valence-corrected chi connectivity index (χ1v) is 8.49. The van der Waals surface area contributed by atoms with Crippen molar-refractivity contribution < 1.29 is 37.4 Å². The number of alkyl carbamates (subject to hydrolysis) is 1. The van der Waals surface area contributed by atoms with E-state index in [1.165, 1.54) is 19.1 Å². The Hall–Kier alpha value is -3.22. The van der Waals surface area contributed by atoms with E-state index in [1.807, 2.05) is 0 Å². The lowest BCUT2D eigenvalue weighted by Crippen LogP contribution is -2.41. The van der Waals surface area contributed by atoms with Crippen LogP contribution in [0.15, 0.2) is 24.3 Å². The van der Waals surface area contributed by atoms with E-state index in [1.54, 1.807) is 0 Å². The minimum atomic E-state index is -4.45. The molecule has 0 fully saturated rings. The first-order valence-electron chi connectivity index (χ1n) is 8.49. The zero-order valence-corrected chi connectivity index (χ0v) is 15.8. The van der Waals surface area contributed by atoms with Crippen LogP contribution in [0.3, 0.4) is 0 Å². The van der Waals surface area contributed by atoms with Crippen LogP contribution >= 0.6 is 0 Å². The fourth-order valence-electron chi connectivity index (χ4n) is 2.12. The summed E-state index contributed by atoms with van der Waals surface area (Å²) in [6.07, 6.45) is 3.71. The number of hydrogen-bond donors (Lipinski definition) is 3. The molecule has 0 aromatic heterocycles. The molecular formula is C19H23F3N2O5. The number of nitrogens with one attached hydrogen (secondary N) is 2. The molecule has 0 radical (unpaired) electrons. The monoisotopic (exact) mass is 416 g/mol. The van der Waals surface area contributed by atoms with Crippen molar-refractivity contribution in [2.75, 3.05) is 6.54 Å². The van der Waals surface area contributed by atoms with Gasteiger partial charge < -0.3 is 20.5 Å². The first-order chi connectivity index (χ1) is 13.6. The fourth-order valence-corrected chi connectivity index (χ4v) is 2.12. The lowest BCUT2D eigenvalue weighted by Gasteiger charge is -2.15. The summed E-state index contributed by atoms with van der Waals surface area (Å²) < 4.78 is 42.3. The van der Waals surface area contributed by atoms with Crippen molar-refractivity contribution in [3.8, 4) is 12.8 Å². The number of carbonyl (C=O) groups is 3. The van der Waals surface area contributed by atoms with Gasteiger partial charge in [0.25, 0.3) is 0 Å². The molecule has 0 aliphatic carbocycles. The average molecular weight is 416 g/mol. The van der Waals surface area contributed by atoms with Gasteiger partial charge in [0.15, 0.2) is 0 Å². The maximum Gasteiger partial charge on any atom is 0.416 e. The third-order valence-corrected chi connectivity index (χ3v) is 3.53. The summed E-state index contributed by atoms with van der Waals surface area (Å²) in [4.78, 5) is 33.6. The molecule has 0 spiro atoms. The highest BCUT2D eigenvalue weighted by atomic mass is 19.4. The van der Waals surface area contributed by atoms with Gasteiger partial charge in [0.2, 0.25) is 5.91 Å². The van der Waals surface area contributed by atoms with E-state index in [0.29, 0.717) is 24.9 Å². The molecule has 0 saturated carbocycles. The van der Waals surface area contributed by atoms with E-state index in [4.69, 9.17) is 9.84 Å². The van der Waals surface area contributed by atoms with Gasteiger partial charge in [0, 0.05) is 13.5 Å². The molecule has 2 amide bonds. The molecule has 0 saturated heterocycles. The number of ether oxygens (including phenoxy) is 1. The van der Waals surface area contributed by atoms with Crippen LogP contribution in [0, 0.1) is 12.8 Å². The molecule has 0 aliphatic heterocycles. The number of carbonyl (C=O) groups excluding carboxylic acids is 2. The minimum absolute atomic E-state index is 0.143. The first kappa shape index (κ1) is 25.8. The van der Waals surface area contributed by atoms with E-state index < -0.39 is 29.8 Å². The van der Waals surface area contributed by atoms with Crippen LogP contribution in [0.25, 0.3) is 0 Å². The molecule has 0 unspecified atom stereocenters. The SMILES string of the molecule is C#C.CC(=O)NCCCC[C@H](NC(=O)OCc1ccc(C(F)(F)F)cc1)C(=O)O. The number of aliphatic carboxylic acids is 1. The number of carboxylic acid groups (broad SMARTS) is 1. The Morgan fingerprint density at radius 2 is 1.72 bits per heavy atom. The number of unbranched alkanes of at least 4 members (excludes halogenated alkanes) is 1. The summed E-state index contributed by atoms with van der Waals surface area (Å²) in [6.45, 7) is 1.48. The van der Waals surface area contributed by atoms with Crippen LogP contribution in [-0.2, 0) is 27.1 Å². The molecular weight excluding hydrogens is 393 g/mol. The molecule has 29 heavy (non-hydrogen) atoms. The van der Waals surface area contributed by atoms with Crippen molar-refractivity contribution in [3.05, 3.63) is 35.4 Å². The number of halogens is 3. The molecule has 1 atom stereocenters. The quantitative estimate of drug-likeness (QED) is 0.424. The lowest BCUT2D eigenvalue weighted by molar-refractivity contribution is -0.139. The van der Waals surface area contributed by atoms with Crippen molar-refractivity contribution in [3.63, 3.8) is 0 Å².